The topological polar surface area (TPSA) is 21.3 Å². The molecule has 3 rings (SSSR count). The fraction of sp³-hybridized carbons (Fsp3) is 0.294. The van der Waals surface area contributed by atoms with Gasteiger partial charge in [0.25, 0.3) is 0 Å². The number of benzene rings is 2. The van der Waals surface area contributed by atoms with Gasteiger partial charge in [-0.25, -0.2) is 4.39 Å². The molecule has 0 unspecified atom stereocenters. The van der Waals surface area contributed by atoms with Gasteiger partial charge in [0.1, 0.15) is 18.2 Å². The van der Waals surface area contributed by atoms with Crippen LogP contribution in [0.4, 0.5) is 4.39 Å². The minimum Gasteiger partial charge on any atom is -0.489 e. The van der Waals surface area contributed by atoms with Crippen LogP contribution in [0.1, 0.15) is 24.0 Å². The molecule has 0 heterocycles. The Hall–Kier alpha value is -1.87. The summed E-state index contributed by atoms with van der Waals surface area (Å²) in [4.78, 5) is 0. The van der Waals surface area contributed by atoms with Crippen molar-refractivity contribution in [2.75, 3.05) is 7.05 Å². The van der Waals surface area contributed by atoms with Crippen molar-refractivity contribution in [3.8, 4) is 5.75 Å². The molecule has 3 heteroatoms. The van der Waals surface area contributed by atoms with Gasteiger partial charge < -0.3 is 10.1 Å². The van der Waals surface area contributed by atoms with Gasteiger partial charge in [-0.15, -0.1) is 0 Å². The van der Waals surface area contributed by atoms with E-state index < -0.39 is 0 Å². The van der Waals surface area contributed by atoms with Crippen LogP contribution in [-0.2, 0) is 12.1 Å². The van der Waals surface area contributed by atoms with Gasteiger partial charge in [0, 0.05) is 11.1 Å². The minimum atomic E-state index is -0.214. The highest BCUT2D eigenvalue weighted by atomic mass is 19.1. The average Bonchev–Trinajstić information content (AvgIpc) is 3.28. The summed E-state index contributed by atoms with van der Waals surface area (Å²) < 4.78 is 19.4. The highest BCUT2D eigenvalue weighted by Crippen LogP contribution is 2.48. The zero-order valence-corrected chi connectivity index (χ0v) is 11.5. The van der Waals surface area contributed by atoms with Crippen molar-refractivity contribution in [3.05, 3.63) is 65.5 Å². The second-order valence-corrected chi connectivity index (χ2v) is 5.25. The molecule has 0 saturated heterocycles. The third-order valence-electron chi connectivity index (χ3n) is 3.92. The molecule has 1 aliphatic carbocycles. The summed E-state index contributed by atoms with van der Waals surface area (Å²) in [6, 6.07) is 14.8. The van der Waals surface area contributed by atoms with Gasteiger partial charge >= 0.3 is 0 Å². The van der Waals surface area contributed by atoms with Crippen molar-refractivity contribution in [1.82, 2.24) is 5.32 Å². The molecule has 2 nitrogen and oxygen atoms in total. The molecule has 2 aromatic carbocycles. The van der Waals surface area contributed by atoms with Crippen molar-refractivity contribution >= 4 is 0 Å². The molecule has 2 aromatic rings. The second-order valence-electron chi connectivity index (χ2n) is 5.25. The second kappa shape index (κ2) is 5.25. The number of hydrogen-bond donors (Lipinski definition) is 1. The number of halogens is 1. The molecule has 1 N–H and O–H groups in total. The molecule has 1 aliphatic rings. The van der Waals surface area contributed by atoms with E-state index in [1.165, 1.54) is 6.07 Å². The Bertz CT molecular complexity index is 593. The van der Waals surface area contributed by atoms with Gasteiger partial charge in [-0.2, -0.15) is 0 Å². The van der Waals surface area contributed by atoms with E-state index in [1.807, 2.05) is 37.4 Å². The molecule has 0 bridgehead atoms. The van der Waals surface area contributed by atoms with Gasteiger partial charge in [0.15, 0.2) is 0 Å². The molecule has 1 saturated carbocycles. The third kappa shape index (κ3) is 2.54. The van der Waals surface area contributed by atoms with Crippen LogP contribution < -0.4 is 10.1 Å². The van der Waals surface area contributed by atoms with Crippen LogP contribution >= 0.6 is 0 Å². The van der Waals surface area contributed by atoms with Crippen LogP contribution in [0.5, 0.6) is 5.75 Å². The highest BCUT2D eigenvalue weighted by molar-refractivity contribution is 5.43. The first-order valence-electron chi connectivity index (χ1n) is 6.89. The van der Waals surface area contributed by atoms with Crippen LogP contribution in [0.2, 0.25) is 0 Å². The summed E-state index contributed by atoms with van der Waals surface area (Å²) in [5.74, 6) is 0.552. The van der Waals surface area contributed by atoms with Crippen molar-refractivity contribution in [2.24, 2.45) is 0 Å². The van der Waals surface area contributed by atoms with Gasteiger partial charge in [0.05, 0.1) is 0 Å². The molecular weight excluding hydrogens is 253 g/mol. The highest BCUT2D eigenvalue weighted by Gasteiger charge is 2.45. The summed E-state index contributed by atoms with van der Waals surface area (Å²) in [5.41, 5.74) is 1.93. The Labute approximate surface area is 118 Å². The van der Waals surface area contributed by atoms with Gasteiger partial charge in [0.2, 0.25) is 0 Å². The summed E-state index contributed by atoms with van der Waals surface area (Å²) >= 11 is 0. The maximum Gasteiger partial charge on any atom is 0.125 e. The smallest absolute Gasteiger partial charge is 0.125 e. The molecule has 0 aromatic heterocycles. The lowest BCUT2D eigenvalue weighted by molar-refractivity contribution is 0.297. The van der Waals surface area contributed by atoms with Crippen molar-refractivity contribution in [2.45, 2.75) is 25.0 Å². The molecular formula is C17H18FNO. The Morgan fingerprint density at radius 3 is 2.55 bits per heavy atom. The van der Waals surface area contributed by atoms with Crippen molar-refractivity contribution in [3.63, 3.8) is 0 Å². The predicted octanol–water partition coefficient (Wildman–Crippen LogP) is 3.61. The molecule has 0 spiro atoms. The molecule has 0 aliphatic heterocycles. The quantitative estimate of drug-likeness (QED) is 0.897. The van der Waals surface area contributed by atoms with Crippen LogP contribution in [0.15, 0.2) is 48.5 Å². The van der Waals surface area contributed by atoms with Gasteiger partial charge in [-0.1, -0.05) is 30.3 Å². The molecule has 104 valence electrons. The zero-order chi connectivity index (χ0) is 14.0. The third-order valence-corrected chi connectivity index (χ3v) is 3.92. The van der Waals surface area contributed by atoms with E-state index in [2.05, 4.69) is 5.32 Å². The predicted molar refractivity (Wildman–Crippen MR) is 77.1 cm³/mol. The largest absolute Gasteiger partial charge is 0.489 e. The van der Waals surface area contributed by atoms with Crippen LogP contribution in [0.25, 0.3) is 0 Å². The Kier molecular flexibility index (Phi) is 3.45. The van der Waals surface area contributed by atoms with E-state index in [-0.39, 0.29) is 11.4 Å². The number of hydrogen-bond acceptors (Lipinski definition) is 2. The van der Waals surface area contributed by atoms with E-state index in [1.54, 1.807) is 12.1 Å². The SMILES string of the molecule is CNC1(c2cc(F)ccc2OCc2ccccc2)CC1. The summed E-state index contributed by atoms with van der Waals surface area (Å²) in [5, 5.41) is 3.29. The van der Waals surface area contributed by atoms with Gasteiger partial charge in [-0.3, -0.25) is 0 Å². The van der Waals surface area contributed by atoms with E-state index in [0.717, 1.165) is 29.7 Å². The maximum atomic E-state index is 13.5. The van der Waals surface area contributed by atoms with Crippen molar-refractivity contribution < 1.29 is 9.13 Å². The van der Waals surface area contributed by atoms with Crippen LogP contribution in [0, 0.1) is 5.82 Å². The lowest BCUT2D eigenvalue weighted by Crippen LogP contribution is -2.25. The summed E-state index contributed by atoms with van der Waals surface area (Å²) in [6.45, 7) is 0.499. The van der Waals surface area contributed by atoms with E-state index in [9.17, 15) is 4.39 Å². The summed E-state index contributed by atoms with van der Waals surface area (Å²) in [7, 11) is 1.92. The first kappa shape index (κ1) is 13.1. The first-order valence-corrected chi connectivity index (χ1v) is 6.89. The minimum absolute atomic E-state index is 0.103. The molecule has 0 amide bonds. The number of ether oxygens (including phenoxy) is 1. The fourth-order valence-corrected chi connectivity index (χ4v) is 2.52. The van der Waals surface area contributed by atoms with E-state index in [4.69, 9.17) is 4.74 Å². The van der Waals surface area contributed by atoms with E-state index >= 15 is 0 Å². The van der Waals surface area contributed by atoms with E-state index in [0.29, 0.717) is 6.61 Å². The Morgan fingerprint density at radius 1 is 1.15 bits per heavy atom. The van der Waals surface area contributed by atoms with Gasteiger partial charge in [-0.05, 0) is 43.7 Å². The fourth-order valence-electron chi connectivity index (χ4n) is 2.52. The Balaban J connectivity index is 1.83. The first-order chi connectivity index (χ1) is 9.73. The Morgan fingerprint density at radius 2 is 1.90 bits per heavy atom. The normalized spacial score (nSPS) is 15.9. The monoisotopic (exact) mass is 271 g/mol. The zero-order valence-electron chi connectivity index (χ0n) is 11.5. The van der Waals surface area contributed by atoms with Crippen LogP contribution in [-0.4, -0.2) is 7.05 Å². The van der Waals surface area contributed by atoms with Crippen LogP contribution in [0.3, 0.4) is 0 Å². The lowest BCUT2D eigenvalue weighted by atomic mass is 10.0. The maximum absolute atomic E-state index is 13.5. The lowest BCUT2D eigenvalue weighted by Gasteiger charge is -2.19. The van der Waals surface area contributed by atoms with Crippen molar-refractivity contribution in [1.29, 1.82) is 0 Å². The number of rotatable bonds is 5. The standard InChI is InChI=1S/C17H18FNO/c1-19-17(9-10-17)15-11-14(18)7-8-16(15)20-12-13-5-3-2-4-6-13/h2-8,11,19H,9-10,12H2,1H3. The molecule has 0 radical (unpaired) electrons. The summed E-state index contributed by atoms with van der Waals surface area (Å²) in [6.07, 6.45) is 2.04. The number of nitrogens with one attached hydrogen (secondary N) is 1. The average molecular weight is 271 g/mol. The molecule has 20 heavy (non-hydrogen) atoms. The molecule has 0 atom stereocenters. The molecule has 1 fully saturated rings.